The first kappa shape index (κ1) is 16.0. The molecule has 2 heterocycles. The van der Waals surface area contributed by atoms with Crippen molar-refractivity contribution in [2.75, 3.05) is 13.7 Å². The van der Waals surface area contributed by atoms with Gasteiger partial charge in [0.15, 0.2) is 0 Å². The smallest absolute Gasteiger partial charge is 0.323 e. The Bertz CT molecular complexity index is 603. The molecule has 126 valence electrons. The molecule has 2 aliphatic rings. The number of amides is 3. The summed E-state index contributed by atoms with van der Waals surface area (Å²) in [6.45, 7) is 3.15. The Morgan fingerprint density at radius 2 is 2.09 bits per heavy atom. The molecule has 1 spiro atoms. The Labute approximate surface area is 136 Å². The lowest BCUT2D eigenvalue weighted by Gasteiger charge is -2.33. The number of carbonyl (C=O) groups is 2. The largest absolute Gasteiger partial charge is 0.326 e. The lowest BCUT2D eigenvalue weighted by atomic mass is 9.77. The van der Waals surface area contributed by atoms with Crippen molar-refractivity contribution in [1.29, 1.82) is 0 Å². The molecule has 0 aromatic carbocycles. The van der Waals surface area contributed by atoms with Crippen LogP contribution in [-0.2, 0) is 18.4 Å². The predicted octanol–water partition coefficient (Wildman–Crippen LogP) is 1.31. The Morgan fingerprint density at radius 1 is 1.39 bits per heavy atom. The molecule has 0 atom stereocenters. The minimum atomic E-state index is -0.654. The monoisotopic (exact) mass is 319 g/mol. The normalized spacial score (nSPS) is 28.0. The number of nitrogens with one attached hydrogen (secondary N) is 1. The van der Waals surface area contributed by atoms with Gasteiger partial charge >= 0.3 is 6.03 Å². The molecule has 0 bridgehead atoms. The highest BCUT2D eigenvalue weighted by molar-refractivity contribution is 6.07. The molecule has 3 rings (SSSR count). The molecule has 1 aromatic heterocycles. The predicted molar refractivity (Wildman–Crippen MR) is 85.3 cm³/mol. The van der Waals surface area contributed by atoms with E-state index in [9.17, 15) is 9.59 Å². The van der Waals surface area contributed by atoms with E-state index in [-0.39, 0.29) is 11.9 Å². The van der Waals surface area contributed by atoms with Gasteiger partial charge in [-0.15, -0.1) is 0 Å². The zero-order chi connectivity index (χ0) is 16.6. The van der Waals surface area contributed by atoms with Crippen LogP contribution in [0.4, 0.5) is 4.79 Å². The maximum Gasteiger partial charge on any atom is 0.326 e. The van der Waals surface area contributed by atoms with Crippen molar-refractivity contribution < 1.29 is 9.59 Å². The van der Waals surface area contributed by atoms with Crippen LogP contribution in [0.25, 0.3) is 0 Å². The van der Waals surface area contributed by atoms with Gasteiger partial charge in [-0.25, -0.2) is 9.69 Å². The Balaban J connectivity index is 1.63. The average Bonchev–Trinajstić information content (AvgIpc) is 3.00. The second-order valence-electron chi connectivity index (χ2n) is 7.11. The van der Waals surface area contributed by atoms with Crippen molar-refractivity contribution in [3.05, 3.63) is 18.0 Å². The molecule has 3 amide bonds. The first-order chi connectivity index (χ1) is 10.9. The maximum atomic E-state index is 12.8. The third-order valence-electron chi connectivity index (χ3n) is 4.97. The topological polar surface area (TPSA) is 70.5 Å². The van der Waals surface area contributed by atoms with Crippen LogP contribution in [-0.4, -0.2) is 50.8 Å². The van der Waals surface area contributed by atoms with Crippen molar-refractivity contribution in [3.8, 4) is 0 Å². The fourth-order valence-electron chi connectivity index (χ4n) is 3.56. The lowest BCUT2D eigenvalue weighted by Crippen LogP contribution is -2.49. The van der Waals surface area contributed by atoms with Gasteiger partial charge in [-0.2, -0.15) is 5.10 Å². The standard InChI is InChI=1S/C16H25N5O2/c1-12-4-6-16(7-5-12)14(22)21(15(23)18-16)11-19(2)9-13-8-17-20(3)10-13/h8,10,12H,4-7,9,11H2,1-3H3,(H,18,23). The van der Waals surface area contributed by atoms with Gasteiger partial charge in [0.2, 0.25) is 0 Å². The van der Waals surface area contributed by atoms with E-state index in [1.54, 1.807) is 10.9 Å². The summed E-state index contributed by atoms with van der Waals surface area (Å²) < 4.78 is 1.75. The molecule has 1 aliphatic heterocycles. The molecule has 23 heavy (non-hydrogen) atoms. The first-order valence-corrected chi connectivity index (χ1v) is 8.20. The van der Waals surface area contributed by atoms with E-state index in [0.29, 0.717) is 19.1 Å². The maximum absolute atomic E-state index is 12.8. The fraction of sp³-hybridized carbons (Fsp3) is 0.688. The summed E-state index contributed by atoms with van der Waals surface area (Å²) in [7, 11) is 3.77. The van der Waals surface area contributed by atoms with Gasteiger partial charge in [0.05, 0.1) is 12.9 Å². The molecule has 7 heteroatoms. The molecule has 0 unspecified atom stereocenters. The van der Waals surface area contributed by atoms with Crippen LogP contribution in [0.15, 0.2) is 12.4 Å². The minimum absolute atomic E-state index is 0.0626. The van der Waals surface area contributed by atoms with Crippen molar-refractivity contribution in [2.45, 2.75) is 44.7 Å². The summed E-state index contributed by atoms with van der Waals surface area (Å²) in [6, 6.07) is -0.261. The first-order valence-electron chi connectivity index (χ1n) is 8.20. The SMILES string of the molecule is CC1CCC2(CC1)NC(=O)N(CN(C)Cc1cnn(C)c1)C2=O. The van der Waals surface area contributed by atoms with Crippen LogP contribution >= 0.6 is 0 Å². The second kappa shape index (κ2) is 5.96. The molecule has 1 aromatic rings. The number of urea groups is 1. The lowest BCUT2D eigenvalue weighted by molar-refractivity contribution is -0.134. The molecule has 1 aliphatic carbocycles. The summed E-state index contributed by atoms with van der Waals surface area (Å²) in [4.78, 5) is 28.4. The van der Waals surface area contributed by atoms with E-state index < -0.39 is 5.54 Å². The Kier molecular flexibility index (Phi) is 4.14. The van der Waals surface area contributed by atoms with Crippen LogP contribution in [0.5, 0.6) is 0 Å². The van der Waals surface area contributed by atoms with Crippen LogP contribution in [0, 0.1) is 5.92 Å². The minimum Gasteiger partial charge on any atom is -0.323 e. The molecule has 1 saturated heterocycles. The molecular formula is C16H25N5O2. The summed E-state index contributed by atoms with van der Waals surface area (Å²) in [5.41, 5.74) is 0.405. The highest BCUT2D eigenvalue weighted by atomic mass is 16.2. The van der Waals surface area contributed by atoms with Crippen molar-refractivity contribution >= 4 is 11.9 Å². The molecule has 7 nitrogen and oxygen atoms in total. The quantitative estimate of drug-likeness (QED) is 0.850. The highest BCUT2D eigenvalue weighted by Gasteiger charge is 2.52. The summed E-state index contributed by atoms with van der Waals surface area (Å²) in [5.74, 6) is 0.570. The van der Waals surface area contributed by atoms with Gasteiger partial charge in [-0.3, -0.25) is 14.4 Å². The van der Waals surface area contributed by atoms with E-state index in [4.69, 9.17) is 0 Å². The van der Waals surface area contributed by atoms with E-state index >= 15 is 0 Å². The van der Waals surface area contributed by atoms with Crippen molar-refractivity contribution in [1.82, 2.24) is 24.9 Å². The number of carbonyl (C=O) groups excluding carboxylic acids is 2. The number of aromatic nitrogens is 2. The summed E-state index contributed by atoms with van der Waals surface area (Å²) in [5, 5.41) is 7.09. The van der Waals surface area contributed by atoms with Gasteiger partial charge in [-0.05, 0) is 38.6 Å². The summed E-state index contributed by atoms with van der Waals surface area (Å²) in [6.07, 6.45) is 7.22. The number of rotatable bonds is 4. The number of imide groups is 1. The molecule has 1 saturated carbocycles. The zero-order valence-electron chi connectivity index (χ0n) is 14.1. The third-order valence-corrected chi connectivity index (χ3v) is 4.97. The Morgan fingerprint density at radius 3 is 2.70 bits per heavy atom. The third kappa shape index (κ3) is 3.10. The molecule has 2 fully saturated rings. The van der Waals surface area contributed by atoms with E-state index in [0.717, 1.165) is 31.2 Å². The van der Waals surface area contributed by atoms with Crippen LogP contribution in [0.2, 0.25) is 0 Å². The van der Waals surface area contributed by atoms with E-state index in [2.05, 4.69) is 17.3 Å². The van der Waals surface area contributed by atoms with E-state index in [1.165, 1.54) is 4.90 Å². The van der Waals surface area contributed by atoms with Gasteiger partial charge in [0.25, 0.3) is 5.91 Å². The molecule has 1 N–H and O–H groups in total. The van der Waals surface area contributed by atoms with Gasteiger partial charge in [0.1, 0.15) is 5.54 Å². The molecular weight excluding hydrogens is 294 g/mol. The van der Waals surface area contributed by atoms with Gasteiger partial charge in [-0.1, -0.05) is 6.92 Å². The van der Waals surface area contributed by atoms with Crippen LogP contribution in [0.3, 0.4) is 0 Å². The van der Waals surface area contributed by atoms with Crippen LogP contribution in [0.1, 0.15) is 38.2 Å². The van der Waals surface area contributed by atoms with E-state index in [1.807, 2.05) is 25.2 Å². The number of nitrogens with zero attached hydrogens (tertiary/aromatic N) is 4. The summed E-state index contributed by atoms with van der Waals surface area (Å²) >= 11 is 0. The average molecular weight is 319 g/mol. The number of hydrogen-bond donors (Lipinski definition) is 1. The zero-order valence-corrected chi connectivity index (χ0v) is 14.1. The second-order valence-corrected chi connectivity index (χ2v) is 7.11. The van der Waals surface area contributed by atoms with Crippen LogP contribution < -0.4 is 5.32 Å². The fourth-order valence-corrected chi connectivity index (χ4v) is 3.56. The van der Waals surface area contributed by atoms with Crippen molar-refractivity contribution in [3.63, 3.8) is 0 Å². The molecule has 0 radical (unpaired) electrons. The number of aryl methyl sites for hydroxylation is 1. The highest BCUT2D eigenvalue weighted by Crippen LogP contribution is 2.36. The number of hydrogen-bond acceptors (Lipinski definition) is 4. The Hall–Kier alpha value is -1.89. The van der Waals surface area contributed by atoms with Crippen molar-refractivity contribution in [2.24, 2.45) is 13.0 Å². The van der Waals surface area contributed by atoms with Gasteiger partial charge < -0.3 is 5.32 Å². The van der Waals surface area contributed by atoms with Gasteiger partial charge in [0, 0.05) is 25.4 Å².